The van der Waals surface area contributed by atoms with Crippen molar-refractivity contribution < 1.29 is 14.2 Å². The molecule has 2 aromatic heterocycles. The Morgan fingerprint density at radius 2 is 1.91 bits per heavy atom. The zero-order chi connectivity index (χ0) is 22.5. The maximum Gasteiger partial charge on any atom is 0.277 e. The van der Waals surface area contributed by atoms with E-state index in [-0.39, 0.29) is 11.7 Å². The summed E-state index contributed by atoms with van der Waals surface area (Å²) in [4.78, 5) is 24.1. The first-order valence-electron chi connectivity index (χ1n) is 11.5. The number of fused-ring (bicyclic) bond motifs is 1. The van der Waals surface area contributed by atoms with Crippen molar-refractivity contribution in [2.45, 2.75) is 31.8 Å². The molecular formula is C23H28N6O4. The summed E-state index contributed by atoms with van der Waals surface area (Å²) in [6, 6.07) is 7.53. The molecule has 174 valence electrons. The lowest BCUT2D eigenvalue weighted by molar-refractivity contribution is -0.101. The Morgan fingerprint density at radius 3 is 2.67 bits per heavy atom. The number of anilines is 3. The molecule has 0 unspecified atom stereocenters. The number of nitrogens with zero attached hydrogens (tertiary/aromatic N) is 4. The molecule has 10 nitrogen and oxygen atoms in total. The van der Waals surface area contributed by atoms with Crippen LogP contribution in [-0.2, 0) is 9.47 Å². The van der Waals surface area contributed by atoms with E-state index in [1.54, 1.807) is 6.20 Å². The molecule has 0 radical (unpaired) electrons. The zero-order valence-electron chi connectivity index (χ0n) is 18.5. The number of nitrogens with one attached hydrogen (secondary N) is 2. The van der Waals surface area contributed by atoms with Gasteiger partial charge in [0.05, 0.1) is 26.0 Å². The second-order valence-electron chi connectivity index (χ2n) is 8.26. The Bertz CT molecular complexity index is 1120. The topological polar surface area (TPSA) is 114 Å². The lowest BCUT2D eigenvalue weighted by Gasteiger charge is -2.23. The average molecular weight is 453 g/mol. The van der Waals surface area contributed by atoms with Crippen molar-refractivity contribution in [1.82, 2.24) is 20.2 Å². The molecule has 2 saturated heterocycles. The van der Waals surface area contributed by atoms with E-state index in [0.717, 1.165) is 37.4 Å². The smallest absolute Gasteiger partial charge is 0.277 e. The number of ether oxygens (including phenoxy) is 3. The van der Waals surface area contributed by atoms with Crippen LogP contribution in [0.4, 0.5) is 17.5 Å². The van der Waals surface area contributed by atoms with Crippen LogP contribution in [0.3, 0.4) is 0 Å². The van der Waals surface area contributed by atoms with Crippen LogP contribution in [0.2, 0.25) is 0 Å². The summed E-state index contributed by atoms with van der Waals surface area (Å²) in [6.45, 7) is 4.02. The molecule has 1 atom stereocenters. The quantitative estimate of drug-likeness (QED) is 0.582. The largest absolute Gasteiger partial charge is 0.491 e. The molecular weight excluding hydrogens is 424 g/mol. The monoisotopic (exact) mass is 452 g/mol. The molecule has 33 heavy (non-hydrogen) atoms. The average Bonchev–Trinajstić information content (AvgIpc) is 3.14. The van der Waals surface area contributed by atoms with E-state index in [9.17, 15) is 4.79 Å². The van der Waals surface area contributed by atoms with Crippen molar-refractivity contribution in [2.75, 3.05) is 49.7 Å². The molecule has 0 bridgehead atoms. The van der Waals surface area contributed by atoms with Crippen molar-refractivity contribution in [1.29, 1.82) is 0 Å². The van der Waals surface area contributed by atoms with E-state index >= 15 is 0 Å². The van der Waals surface area contributed by atoms with Crippen LogP contribution in [0, 0.1) is 0 Å². The molecule has 2 aliphatic heterocycles. The third-order valence-electron chi connectivity index (χ3n) is 5.83. The van der Waals surface area contributed by atoms with E-state index in [2.05, 4.69) is 25.4 Å². The normalized spacial score (nSPS) is 19.3. The Morgan fingerprint density at radius 1 is 1.09 bits per heavy atom. The van der Waals surface area contributed by atoms with Gasteiger partial charge in [-0.25, -0.2) is 10.1 Å². The third-order valence-corrected chi connectivity index (χ3v) is 5.83. The van der Waals surface area contributed by atoms with E-state index in [0.29, 0.717) is 49.1 Å². The number of aromatic nitrogens is 4. The van der Waals surface area contributed by atoms with Gasteiger partial charge in [0.1, 0.15) is 35.2 Å². The van der Waals surface area contributed by atoms with Gasteiger partial charge in [0, 0.05) is 18.8 Å². The highest BCUT2D eigenvalue weighted by molar-refractivity contribution is 5.90. The second-order valence-corrected chi connectivity index (χ2v) is 8.26. The van der Waals surface area contributed by atoms with Crippen LogP contribution < -0.4 is 20.5 Å². The van der Waals surface area contributed by atoms with Gasteiger partial charge in [-0.15, -0.1) is 0 Å². The summed E-state index contributed by atoms with van der Waals surface area (Å²) < 4.78 is 16.8. The van der Waals surface area contributed by atoms with Gasteiger partial charge in [-0.2, -0.15) is 10.1 Å². The van der Waals surface area contributed by atoms with E-state index in [1.807, 2.05) is 24.3 Å². The zero-order valence-corrected chi connectivity index (χ0v) is 18.5. The molecule has 3 aromatic rings. The lowest BCUT2D eigenvalue weighted by atomic mass is 10.2. The first kappa shape index (κ1) is 21.6. The fourth-order valence-corrected chi connectivity index (χ4v) is 4.09. The Balaban J connectivity index is 1.36. The van der Waals surface area contributed by atoms with Crippen molar-refractivity contribution in [3.8, 4) is 5.75 Å². The van der Waals surface area contributed by atoms with Gasteiger partial charge in [-0.3, -0.25) is 4.79 Å². The first-order chi connectivity index (χ1) is 16.3. The minimum absolute atomic E-state index is 0.0540. The van der Waals surface area contributed by atoms with Gasteiger partial charge in [-0.1, -0.05) is 12.8 Å². The molecule has 0 spiro atoms. The highest BCUT2D eigenvalue weighted by Crippen LogP contribution is 2.26. The van der Waals surface area contributed by atoms with Gasteiger partial charge in [-0.05, 0) is 37.1 Å². The number of hydrogen-bond donors (Lipinski definition) is 2. The molecule has 2 N–H and O–H groups in total. The third kappa shape index (κ3) is 5.23. The van der Waals surface area contributed by atoms with Crippen LogP contribution in [-0.4, -0.2) is 65.8 Å². The summed E-state index contributed by atoms with van der Waals surface area (Å²) in [5, 5.41) is 10.1. The highest BCUT2D eigenvalue weighted by atomic mass is 16.6. The highest BCUT2D eigenvalue weighted by Gasteiger charge is 2.18. The summed E-state index contributed by atoms with van der Waals surface area (Å²) in [5.41, 5.74) is 0.981. The standard InChI is InChI=1S/C23H28N6O4/c30-22-20-19(13-24-28-22)26-23(29-9-3-1-2-4-10-29)27-21(20)25-16-5-7-17(8-6-16)33-15-18-14-31-11-12-32-18/h5-8,13,18H,1-4,9-12,14-15H2,(H,28,30)(H,25,26,27)/t18-/m0/s1. The van der Waals surface area contributed by atoms with E-state index in [4.69, 9.17) is 19.2 Å². The summed E-state index contributed by atoms with van der Waals surface area (Å²) in [7, 11) is 0. The minimum Gasteiger partial charge on any atom is -0.491 e. The van der Waals surface area contributed by atoms with Crippen molar-refractivity contribution in [3.63, 3.8) is 0 Å². The van der Waals surface area contributed by atoms with Gasteiger partial charge < -0.3 is 24.4 Å². The maximum absolute atomic E-state index is 12.5. The maximum atomic E-state index is 12.5. The van der Waals surface area contributed by atoms with Gasteiger partial charge in [0.25, 0.3) is 5.56 Å². The lowest BCUT2D eigenvalue weighted by Crippen LogP contribution is -2.33. The predicted octanol–water partition coefficient (Wildman–Crippen LogP) is 2.63. The number of H-pyrrole nitrogens is 1. The number of hydrogen-bond acceptors (Lipinski definition) is 9. The fraction of sp³-hybridized carbons (Fsp3) is 0.478. The first-order valence-corrected chi connectivity index (χ1v) is 11.5. The van der Waals surface area contributed by atoms with Crippen LogP contribution in [0.5, 0.6) is 5.75 Å². The summed E-state index contributed by atoms with van der Waals surface area (Å²) in [6.07, 6.45) is 6.16. The minimum atomic E-state index is -0.327. The molecule has 2 fully saturated rings. The van der Waals surface area contributed by atoms with Crippen LogP contribution in [0.15, 0.2) is 35.3 Å². The van der Waals surface area contributed by atoms with Gasteiger partial charge >= 0.3 is 0 Å². The Hall–Kier alpha value is -3.24. The number of benzene rings is 1. The SMILES string of the molecule is O=c1[nH]ncc2nc(N3CCCCCC3)nc(Nc3ccc(OC[C@@H]4COCCO4)cc3)c12. The second kappa shape index (κ2) is 10.1. The van der Waals surface area contributed by atoms with E-state index in [1.165, 1.54) is 12.8 Å². The molecule has 5 rings (SSSR count). The summed E-state index contributed by atoms with van der Waals surface area (Å²) >= 11 is 0. The Kier molecular flexibility index (Phi) is 6.63. The molecule has 2 aliphatic rings. The summed E-state index contributed by atoms with van der Waals surface area (Å²) in [5.74, 6) is 1.81. The molecule has 0 aliphatic carbocycles. The molecule has 4 heterocycles. The van der Waals surface area contributed by atoms with Crippen molar-refractivity contribution in [2.24, 2.45) is 0 Å². The molecule has 0 saturated carbocycles. The van der Waals surface area contributed by atoms with Crippen molar-refractivity contribution in [3.05, 3.63) is 40.8 Å². The van der Waals surface area contributed by atoms with Gasteiger partial charge in [0.15, 0.2) is 0 Å². The Labute approximate surface area is 191 Å². The van der Waals surface area contributed by atoms with Crippen LogP contribution in [0.25, 0.3) is 10.9 Å². The molecule has 1 aromatic carbocycles. The van der Waals surface area contributed by atoms with E-state index < -0.39 is 0 Å². The number of rotatable bonds is 6. The molecule has 10 heteroatoms. The van der Waals surface area contributed by atoms with Crippen LogP contribution in [0.1, 0.15) is 25.7 Å². The van der Waals surface area contributed by atoms with Crippen LogP contribution >= 0.6 is 0 Å². The molecule has 0 amide bonds. The van der Waals surface area contributed by atoms with Crippen molar-refractivity contribution >= 4 is 28.4 Å². The number of aromatic amines is 1. The predicted molar refractivity (Wildman–Crippen MR) is 124 cm³/mol. The van der Waals surface area contributed by atoms with Gasteiger partial charge in [0.2, 0.25) is 5.95 Å². The fourth-order valence-electron chi connectivity index (χ4n) is 4.09.